The standard InChI is InChI=1S/C40H42N2/c1-29-12-9-15-36(26-29)41(37-16-11-14-33(28-37)39(3,4)5)34-22-18-31(19-23-34)32-20-24-35(25-21-32)42(40(6,7)8)38-17-10-13-30(2)27-38/h9-10,12-13,15-28H,1-8H3. The Balaban J connectivity index is 1.48. The highest BCUT2D eigenvalue weighted by Crippen LogP contribution is 2.38. The zero-order valence-electron chi connectivity index (χ0n) is 26.3. The molecule has 0 fully saturated rings. The highest BCUT2D eigenvalue weighted by Gasteiger charge is 2.24. The molecule has 0 amide bonds. The van der Waals surface area contributed by atoms with Crippen molar-refractivity contribution in [1.82, 2.24) is 0 Å². The molecule has 0 spiro atoms. The molecule has 0 aliphatic heterocycles. The molecule has 1 aliphatic rings. The Labute approximate surface area is 252 Å². The average Bonchev–Trinajstić information content (AvgIpc) is 2.93. The summed E-state index contributed by atoms with van der Waals surface area (Å²) in [5.41, 5.74) is 18.3. The smallest absolute Gasteiger partial charge is 0.0554 e. The molecule has 42 heavy (non-hydrogen) atoms. The van der Waals surface area contributed by atoms with Gasteiger partial charge in [0.1, 0.15) is 0 Å². The van der Waals surface area contributed by atoms with Crippen molar-refractivity contribution in [1.29, 1.82) is 0 Å². The van der Waals surface area contributed by atoms with Crippen molar-refractivity contribution in [3.8, 4) is 11.1 Å². The third-order valence-corrected chi connectivity index (χ3v) is 7.56. The topological polar surface area (TPSA) is 6.48 Å². The number of hydrogen-bond donors (Lipinski definition) is 0. The third kappa shape index (κ3) is 6.37. The van der Waals surface area contributed by atoms with E-state index in [-0.39, 0.29) is 11.0 Å². The first kappa shape index (κ1) is 29.0. The lowest BCUT2D eigenvalue weighted by atomic mass is 9.85. The second-order valence-corrected chi connectivity index (χ2v) is 13.3. The first-order chi connectivity index (χ1) is 19.9. The van der Waals surface area contributed by atoms with Gasteiger partial charge in [0, 0.05) is 39.9 Å². The van der Waals surface area contributed by atoms with Crippen LogP contribution < -0.4 is 9.80 Å². The van der Waals surface area contributed by atoms with Crippen LogP contribution in [0.1, 0.15) is 52.7 Å². The van der Waals surface area contributed by atoms with E-state index in [1.165, 1.54) is 33.6 Å². The maximum Gasteiger partial charge on any atom is 0.0554 e. The quantitative estimate of drug-likeness (QED) is 0.220. The molecule has 0 saturated heterocycles. The summed E-state index contributed by atoms with van der Waals surface area (Å²) in [6.45, 7) is 17.7. The van der Waals surface area contributed by atoms with Gasteiger partial charge in [-0.3, -0.25) is 0 Å². The first-order valence-electron chi connectivity index (χ1n) is 14.8. The van der Waals surface area contributed by atoms with Gasteiger partial charge in [-0.05, 0) is 117 Å². The van der Waals surface area contributed by atoms with Gasteiger partial charge in [0.05, 0.1) is 5.70 Å². The molecule has 0 N–H and O–H groups in total. The van der Waals surface area contributed by atoms with Gasteiger partial charge in [0.25, 0.3) is 0 Å². The van der Waals surface area contributed by atoms with Crippen LogP contribution in [0.4, 0.5) is 22.7 Å². The number of rotatable bonds is 6. The minimum absolute atomic E-state index is 0.0112. The Morgan fingerprint density at radius 1 is 0.571 bits per heavy atom. The van der Waals surface area contributed by atoms with Crippen molar-refractivity contribution in [3.05, 3.63) is 143 Å². The molecule has 0 atom stereocenters. The van der Waals surface area contributed by atoms with E-state index in [1.54, 1.807) is 0 Å². The lowest BCUT2D eigenvalue weighted by molar-refractivity contribution is 0.517. The van der Waals surface area contributed by atoms with E-state index in [0.717, 1.165) is 22.6 Å². The molecule has 4 aromatic rings. The van der Waals surface area contributed by atoms with Crippen molar-refractivity contribution in [3.63, 3.8) is 0 Å². The summed E-state index contributed by atoms with van der Waals surface area (Å²) in [4.78, 5) is 4.72. The highest BCUT2D eigenvalue weighted by atomic mass is 15.2. The Bertz CT molecular complexity index is 1710. The summed E-state index contributed by atoms with van der Waals surface area (Å²) < 4.78 is 0. The fourth-order valence-corrected chi connectivity index (χ4v) is 5.46. The lowest BCUT2D eigenvalue weighted by Crippen LogP contribution is -2.37. The Morgan fingerprint density at radius 2 is 1.10 bits per heavy atom. The van der Waals surface area contributed by atoms with Crippen molar-refractivity contribution >= 4 is 22.7 Å². The van der Waals surface area contributed by atoms with Crippen LogP contribution in [0.2, 0.25) is 0 Å². The molecular weight excluding hydrogens is 508 g/mol. The maximum absolute atomic E-state index is 3.33. The van der Waals surface area contributed by atoms with Crippen molar-refractivity contribution in [2.45, 2.75) is 60.9 Å². The maximum atomic E-state index is 3.33. The zero-order chi connectivity index (χ0) is 30.1. The molecule has 212 valence electrons. The van der Waals surface area contributed by atoms with Gasteiger partial charge >= 0.3 is 0 Å². The van der Waals surface area contributed by atoms with Crippen LogP contribution >= 0.6 is 0 Å². The zero-order valence-corrected chi connectivity index (χ0v) is 26.3. The number of allylic oxidation sites excluding steroid dienone is 3. The summed E-state index contributed by atoms with van der Waals surface area (Å²) in [6, 6.07) is 35.2. The van der Waals surface area contributed by atoms with Crippen LogP contribution in [-0.2, 0) is 0 Å². The minimum Gasteiger partial charge on any atom is -0.336 e. The van der Waals surface area contributed by atoms with Crippen LogP contribution in [0, 0.1) is 19.3 Å². The summed E-state index contributed by atoms with van der Waals surface area (Å²) >= 11 is 0. The molecule has 0 unspecified atom stereocenters. The molecule has 2 nitrogen and oxygen atoms in total. The van der Waals surface area contributed by atoms with Gasteiger partial charge in [0.15, 0.2) is 0 Å². The lowest BCUT2D eigenvalue weighted by Gasteiger charge is -2.38. The average molecular weight is 551 g/mol. The predicted molar refractivity (Wildman–Crippen MR) is 181 cm³/mol. The Kier molecular flexibility index (Phi) is 7.89. The predicted octanol–water partition coefficient (Wildman–Crippen LogP) is 11.2. The molecular formula is C40H42N2. The number of nitrogens with zero attached hydrogens (tertiary/aromatic N) is 2. The van der Waals surface area contributed by atoms with E-state index < -0.39 is 0 Å². The van der Waals surface area contributed by atoms with Gasteiger partial charge in [-0.25, -0.2) is 0 Å². The van der Waals surface area contributed by atoms with Gasteiger partial charge in [0.2, 0.25) is 0 Å². The molecule has 1 aliphatic carbocycles. The van der Waals surface area contributed by atoms with E-state index in [1.807, 2.05) is 6.08 Å². The second kappa shape index (κ2) is 11.4. The summed E-state index contributed by atoms with van der Waals surface area (Å²) in [7, 11) is 0. The fraction of sp³-hybridized carbons (Fsp3) is 0.250. The summed E-state index contributed by atoms with van der Waals surface area (Å²) in [6.07, 6.45) is 4.26. The SMILES string of the molecule is Cc1cccc(N(C2=CC(C(C)(C)C)=C=C=C2)c2ccc(-c3ccc(N(c4cccc(C)c4)C(C)(C)C)cc3)cc2)c1. The molecule has 5 rings (SSSR count). The van der Waals surface area contributed by atoms with E-state index in [0.29, 0.717) is 0 Å². The van der Waals surface area contributed by atoms with Crippen molar-refractivity contribution in [2.75, 3.05) is 9.80 Å². The molecule has 0 bridgehead atoms. The van der Waals surface area contributed by atoms with E-state index >= 15 is 0 Å². The minimum atomic E-state index is -0.0598. The van der Waals surface area contributed by atoms with Crippen LogP contribution in [-0.4, -0.2) is 5.54 Å². The molecule has 0 aromatic heterocycles. The normalized spacial score (nSPS) is 13.0. The molecule has 0 saturated carbocycles. The Hall–Kier alpha value is -4.48. The van der Waals surface area contributed by atoms with E-state index in [4.69, 9.17) is 0 Å². The molecule has 2 heteroatoms. The van der Waals surface area contributed by atoms with Gasteiger partial charge in [-0.1, -0.05) is 80.8 Å². The van der Waals surface area contributed by atoms with E-state index in [2.05, 4.69) is 180 Å². The number of aryl methyl sites for hydroxylation is 2. The number of hydrogen-bond acceptors (Lipinski definition) is 2. The Morgan fingerprint density at radius 3 is 1.62 bits per heavy atom. The van der Waals surface area contributed by atoms with Gasteiger partial charge < -0.3 is 9.80 Å². The molecule has 0 heterocycles. The monoisotopic (exact) mass is 550 g/mol. The van der Waals surface area contributed by atoms with Crippen LogP contribution in [0.15, 0.2) is 132 Å². The van der Waals surface area contributed by atoms with Crippen molar-refractivity contribution < 1.29 is 0 Å². The second-order valence-electron chi connectivity index (χ2n) is 13.3. The van der Waals surface area contributed by atoms with Gasteiger partial charge in [-0.15, -0.1) is 0 Å². The van der Waals surface area contributed by atoms with Crippen molar-refractivity contribution in [2.24, 2.45) is 5.41 Å². The highest BCUT2D eigenvalue weighted by molar-refractivity contribution is 5.76. The molecule has 0 radical (unpaired) electrons. The largest absolute Gasteiger partial charge is 0.336 e. The number of benzene rings is 4. The third-order valence-electron chi connectivity index (χ3n) is 7.56. The first-order valence-corrected chi connectivity index (χ1v) is 14.8. The fourth-order valence-electron chi connectivity index (χ4n) is 5.46. The van der Waals surface area contributed by atoms with Crippen LogP contribution in [0.25, 0.3) is 11.1 Å². The number of anilines is 4. The molecule has 4 aromatic carbocycles. The van der Waals surface area contributed by atoms with Crippen LogP contribution in [0.5, 0.6) is 0 Å². The van der Waals surface area contributed by atoms with Gasteiger partial charge in [-0.2, -0.15) is 0 Å². The van der Waals surface area contributed by atoms with E-state index in [9.17, 15) is 0 Å². The summed E-state index contributed by atoms with van der Waals surface area (Å²) in [5, 5.41) is 0. The summed E-state index contributed by atoms with van der Waals surface area (Å²) in [5.74, 6) is 0. The van der Waals surface area contributed by atoms with Crippen LogP contribution in [0.3, 0.4) is 0 Å².